The van der Waals surface area contributed by atoms with Gasteiger partial charge in [0.25, 0.3) is 0 Å². The fourth-order valence-corrected chi connectivity index (χ4v) is 3.83. The molecule has 1 saturated carbocycles. The summed E-state index contributed by atoms with van der Waals surface area (Å²) in [4.78, 5) is 14.7. The van der Waals surface area contributed by atoms with Gasteiger partial charge in [0, 0.05) is 18.6 Å². The van der Waals surface area contributed by atoms with Crippen LogP contribution < -0.4 is 11.1 Å². The van der Waals surface area contributed by atoms with Gasteiger partial charge in [0.2, 0.25) is 0 Å². The van der Waals surface area contributed by atoms with Crippen molar-refractivity contribution in [3.05, 3.63) is 71.0 Å². The standard InChI is InChI=1S/C20H22FN3O/c21-15-7-5-14(6-8-15)19-18-4-2-1-3-13(18)9-10-24(19)20(25)23-17-11-16(22)12-17/h1-8,16-17,19H,9-12,22H2,(H,23,25)/t16?,17?,19-/m0/s1. The first-order valence-electron chi connectivity index (χ1n) is 8.78. The molecule has 3 N–H and O–H groups in total. The van der Waals surface area contributed by atoms with E-state index < -0.39 is 0 Å². The number of benzene rings is 2. The van der Waals surface area contributed by atoms with Crippen LogP contribution in [-0.2, 0) is 6.42 Å². The van der Waals surface area contributed by atoms with E-state index in [1.165, 1.54) is 17.7 Å². The summed E-state index contributed by atoms with van der Waals surface area (Å²) < 4.78 is 13.4. The second-order valence-corrected chi connectivity index (χ2v) is 6.97. The van der Waals surface area contributed by atoms with Crippen molar-refractivity contribution in [3.8, 4) is 0 Å². The van der Waals surface area contributed by atoms with Crippen LogP contribution >= 0.6 is 0 Å². The molecule has 4 rings (SSSR count). The third-order valence-corrected chi connectivity index (χ3v) is 5.23. The highest BCUT2D eigenvalue weighted by Crippen LogP contribution is 2.35. The van der Waals surface area contributed by atoms with Gasteiger partial charge in [0.05, 0.1) is 6.04 Å². The van der Waals surface area contributed by atoms with Crippen molar-refractivity contribution in [1.29, 1.82) is 0 Å². The molecule has 0 spiro atoms. The maximum atomic E-state index is 13.4. The van der Waals surface area contributed by atoms with Crippen LogP contribution in [0.25, 0.3) is 0 Å². The smallest absolute Gasteiger partial charge is 0.318 e. The van der Waals surface area contributed by atoms with E-state index in [4.69, 9.17) is 5.73 Å². The number of carbonyl (C=O) groups is 1. The Morgan fingerprint density at radius 3 is 2.56 bits per heavy atom. The van der Waals surface area contributed by atoms with E-state index in [9.17, 15) is 9.18 Å². The molecule has 0 unspecified atom stereocenters. The summed E-state index contributed by atoms with van der Waals surface area (Å²) in [6.07, 6.45) is 2.49. The number of amides is 2. The molecule has 0 radical (unpaired) electrons. The van der Waals surface area contributed by atoms with Crippen LogP contribution in [0.15, 0.2) is 48.5 Å². The zero-order valence-electron chi connectivity index (χ0n) is 14.0. The minimum absolute atomic E-state index is 0.0688. The number of carbonyl (C=O) groups excluding carboxylic acids is 1. The molecule has 1 atom stereocenters. The molecule has 1 fully saturated rings. The molecular weight excluding hydrogens is 317 g/mol. The fourth-order valence-electron chi connectivity index (χ4n) is 3.83. The van der Waals surface area contributed by atoms with E-state index in [1.54, 1.807) is 12.1 Å². The fraction of sp³-hybridized carbons (Fsp3) is 0.350. The van der Waals surface area contributed by atoms with E-state index in [0.717, 1.165) is 30.4 Å². The Morgan fingerprint density at radius 1 is 1.12 bits per heavy atom. The lowest BCUT2D eigenvalue weighted by Gasteiger charge is -2.40. The molecular formula is C20H22FN3O. The summed E-state index contributed by atoms with van der Waals surface area (Å²) in [6, 6.07) is 14.7. The lowest BCUT2D eigenvalue weighted by molar-refractivity contribution is 0.167. The van der Waals surface area contributed by atoms with Crippen molar-refractivity contribution in [2.75, 3.05) is 6.54 Å². The molecule has 1 aliphatic heterocycles. The molecule has 0 aromatic heterocycles. The largest absolute Gasteiger partial charge is 0.335 e. The van der Waals surface area contributed by atoms with Crippen LogP contribution in [-0.4, -0.2) is 29.6 Å². The van der Waals surface area contributed by atoms with Crippen LogP contribution in [0.4, 0.5) is 9.18 Å². The van der Waals surface area contributed by atoms with Gasteiger partial charge in [-0.15, -0.1) is 0 Å². The Kier molecular flexibility index (Phi) is 4.17. The van der Waals surface area contributed by atoms with E-state index in [1.807, 2.05) is 17.0 Å². The first-order chi connectivity index (χ1) is 12.1. The van der Waals surface area contributed by atoms with Gasteiger partial charge in [0.1, 0.15) is 5.82 Å². The molecule has 0 saturated heterocycles. The predicted molar refractivity (Wildman–Crippen MR) is 94.6 cm³/mol. The van der Waals surface area contributed by atoms with E-state index in [2.05, 4.69) is 17.4 Å². The maximum absolute atomic E-state index is 13.4. The summed E-state index contributed by atoms with van der Waals surface area (Å²) >= 11 is 0. The van der Waals surface area contributed by atoms with Crippen molar-refractivity contribution in [2.24, 2.45) is 5.73 Å². The quantitative estimate of drug-likeness (QED) is 0.884. The highest BCUT2D eigenvalue weighted by atomic mass is 19.1. The summed E-state index contributed by atoms with van der Waals surface area (Å²) in [5.41, 5.74) is 9.10. The Bertz CT molecular complexity index is 771. The average Bonchev–Trinajstić information content (AvgIpc) is 2.60. The van der Waals surface area contributed by atoms with Crippen molar-refractivity contribution < 1.29 is 9.18 Å². The van der Waals surface area contributed by atoms with Crippen LogP contribution in [0.3, 0.4) is 0 Å². The molecule has 25 heavy (non-hydrogen) atoms. The first-order valence-corrected chi connectivity index (χ1v) is 8.78. The number of nitrogens with two attached hydrogens (primary N) is 1. The number of halogens is 1. The van der Waals surface area contributed by atoms with Gasteiger partial charge in [-0.25, -0.2) is 9.18 Å². The monoisotopic (exact) mass is 339 g/mol. The van der Waals surface area contributed by atoms with Gasteiger partial charge >= 0.3 is 6.03 Å². The Labute approximate surface area is 146 Å². The van der Waals surface area contributed by atoms with Crippen LogP contribution in [0.5, 0.6) is 0 Å². The third-order valence-electron chi connectivity index (χ3n) is 5.23. The Hall–Kier alpha value is -2.40. The summed E-state index contributed by atoms with van der Waals surface area (Å²) in [6.45, 7) is 0.643. The number of nitrogens with one attached hydrogen (secondary N) is 1. The van der Waals surface area contributed by atoms with Gasteiger partial charge < -0.3 is 16.0 Å². The molecule has 4 nitrogen and oxygen atoms in total. The molecule has 2 aromatic carbocycles. The van der Waals surface area contributed by atoms with E-state index in [-0.39, 0.29) is 30.0 Å². The van der Waals surface area contributed by atoms with Gasteiger partial charge in [-0.3, -0.25) is 0 Å². The predicted octanol–water partition coefficient (Wildman–Crippen LogP) is 2.97. The second-order valence-electron chi connectivity index (χ2n) is 6.97. The van der Waals surface area contributed by atoms with Gasteiger partial charge in [-0.2, -0.15) is 0 Å². The molecule has 130 valence electrons. The average molecular weight is 339 g/mol. The van der Waals surface area contributed by atoms with Crippen LogP contribution in [0.2, 0.25) is 0 Å². The van der Waals surface area contributed by atoms with Gasteiger partial charge in [-0.05, 0) is 48.1 Å². The minimum Gasteiger partial charge on any atom is -0.335 e. The molecule has 2 amide bonds. The Morgan fingerprint density at radius 2 is 1.84 bits per heavy atom. The van der Waals surface area contributed by atoms with Crippen molar-refractivity contribution in [2.45, 2.75) is 37.4 Å². The van der Waals surface area contributed by atoms with Crippen molar-refractivity contribution in [3.63, 3.8) is 0 Å². The first kappa shape index (κ1) is 16.1. The number of urea groups is 1. The zero-order chi connectivity index (χ0) is 17.4. The topological polar surface area (TPSA) is 58.4 Å². The van der Waals surface area contributed by atoms with E-state index in [0.29, 0.717) is 6.54 Å². The molecule has 2 aliphatic rings. The number of fused-ring (bicyclic) bond motifs is 1. The molecule has 5 heteroatoms. The highest BCUT2D eigenvalue weighted by Gasteiger charge is 2.34. The lowest BCUT2D eigenvalue weighted by Crippen LogP contribution is -2.55. The van der Waals surface area contributed by atoms with Gasteiger partial charge in [-0.1, -0.05) is 36.4 Å². The summed E-state index contributed by atoms with van der Waals surface area (Å²) in [7, 11) is 0. The van der Waals surface area contributed by atoms with Crippen molar-refractivity contribution in [1.82, 2.24) is 10.2 Å². The van der Waals surface area contributed by atoms with Crippen molar-refractivity contribution >= 4 is 6.03 Å². The maximum Gasteiger partial charge on any atom is 0.318 e. The number of hydrogen-bond acceptors (Lipinski definition) is 2. The minimum atomic E-state index is -0.271. The molecule has 0 bridgehead atoms. The highest BCUT2D eigenvalue weighted by molar-refractivity contribution is 5.76. The zero-order valence-corrected chi connectivity index (χ0v) is 14.0. The second kappa shape index (κ2) is 6.48. The SMILES string of the molecule is NC1CC(NC(=O)N2CCc3ccccc3[C@@H]2c2ccc(F)cc2)C1. The van der Waals surface area contributed by atoms with Crippen LogP contribution in [0, 0.1) is 5.82 Å². The van der Waals surface area contributed by atoms with Gasteiger partial charge in [0.15, 0.2) is 0 Å². The molecule has 2 aromatic rings. The third kappa shape index (κ3) is 3.12. The number of rotatable bonds is 2. The van der Waals surface area contributed by atoms with Crippen LogP contribution in [0.1, 0.15) is 35.6 Å². The molecule has 1 aliphatic carbocycles. The lowest BCUT2D eigenvalue weighted by atomic mass is 9.87. The summed E-state index contributed by atoms with van der Waals surface area (Å²) in [5.74, 6) is -0.271. The Balaban J connectivity index is 1.65. The molecule has 1 heterocycles. The summed E-state index contributed by atoms with van der Waals surface area (Å²) in [5, 5.41) is 3.09. The number of hydrogen-bond donors (Lipinski definition) is 2. The normalized spacial score (nSPS) is 25.0. The number of nitrogens with zero attached hydrogens (tertiary/aromatic N) is 1. The van der Waals surface area contributed by atoms with E-state index >= 15 is 0 Å².